The lowest BCUT2D eigenvalue weighted by atomic mass is 10.6. The third kappa shape index (κ3) is 1.71. The van der Waals surface area contributed by atoms with Crippen molar-refractivity contribution in [2.24, 2.45) is 5.84 Å². The smallest absolute Gasteiger partial charge is 0.223 e. The summed E-state index contributed by atoms with van der Waals surface area (Å²) in [6.45, 7) is 0. The van der Waals surface area contributed by atoms with E-state index in [0.717, 1.165) is 0 Å². The molecular formula is C5H8ClN5S. The van der Waals surface area contributed by atoms with Gasteiger partial charge in [-0.1, -0.05) is 11.6 Å². The largest absolute Gasteiger partial charge is 0.368 e. The fourth-order valence-electron chi connectivity index (χ4n) is 0.718. The number of hydrogen-bond acceptors (Lipinski definition) is 6. The molecule has 0 fully saturated rings. The number of halogens is 1. The molecule has 0 aliphatic carbocycles. The quantitative estimate of drug-likeness (QED) is 0.285. The highest BCUT2D eigenvalue weighted by Gasteiger charge is 2.09. The Morgan fingerprint density at radius 3 is 2.67 bits per heavy atom. The van der Waals surface area contributed by atoms with Crippen LogP contribution in [-0.4, -0.2) is 16.2 Å². The Kier molecular flexibility index (Phi) is 2.96. The molecule has 5 N–H and O–H groups in total. The van der Waals surface area contributed by atoms with E-state index in [4.69, 9.17) is 23.2 Å². The van der Waals surface area contributed by atoms with Crippen molar-refractivity contribution in [2.45, 2.75) is 4.90 Å². The zero-order valence-corrected chi connectivity index (χ0v) is 7.91. The normalized spacial score (nSPS) is 9.92. The molecule has 12 heavy (non-hydrogen) atoms. The summed E-state index contributed by atoms with van der Waals surface area (Å²) in [5.74, 6) is 5.74. The zero-order chi connectivity index (χ0) is 9.14. The highest BCUT2D eigenvalue weighted by molar-refractivity contribution is 7.98. The molecule has 0 amide bonds. The van der Waals surface area contributed by atoms with Gasteiger partial charge in [0.2, 0.25) is 5.95 Å². The van der Waals surface area contributed by atoms with E-state index in [2.05, 4.69) is 15.4 Å². The summed E-state index contributed by atoms with van der Waals surface area (Å²) in [6.07, 6.45) is 1.85. The van der Waals surface area contributed by atoms with E-state index in [0.29, 0.717) is 15.9 Å². The van der Waals surface area contributed by atoms with Crippen molar-refractivity contribution in [1.29, 1.82) is 0 Å². The van der Waals surface area contributed by atoms with Gasteiger partial charge in [0.25, 0.3) is 0 Å². The second kappa shape index (κ2) is 3.79. The maximum absolute atomic E-state index is 5.77. The first-order chi connectivity index (χ1) is 5.69. The molecule has 1 rings (SSSR count). The maximum Gasteiger partial charge on any atom is 0.223 e. The van der Waals surface area contributed by atoms with E-state index in [1.807, 2.05) is 6.26 Å². The molecule has 0 aromatic carbocycles. The molecule has 0 radical (unpaired) electrons. The molecule has 0 saturated carbocycles. The number of nitrogens with one attached hydrogen (secondary N) is 1. The molecule has 0 atom stereocenters. The Morgan fingerprint density at radius 2 is 2.17 bits per heavy atom. The minimum Gasteiger partial charge on any atom is -0.368 e. The highest BCUT2D eigenvalue weighted by atomic mass is 35.5. The number of anilines is 2. The number of nitrogens with two attached hydrogens (primary N) is 2. The van der Waals surface area contributed by atoms with E-state index >= 15 is 0 Å². The number of aromatic nitrogens is 2. The Morgan fingerprint density at radius 1 is 1.50 bits per heavy atom. The van der Waals surface area contributed by atoms with Crippen LogP contribution in [0.1, 0.15) is 0 Å². The molecule has 1 heterocycles. The Bertz CT molecular complexity index is 291. The summed E-state index contributed by atoms with van der Waals surface area (Å²) in [7, 11) is 0. The number of rotatable bonds is 2. The summed E-state index contributed by atoms with van der Waals surface area (Å²) in [4.78, 5) is 8.31. The van der Waals surface area contributed by atoms with Crippen LogP contribution in [0.4, 0.5) is 11.8 Å². The molecule has 66 valence electrons. The van der Waals surface area contributed by atoms with Crippen molar-refractivity contribution < 1.29 is 0 Å². The maximum atomic E-state index is 5.77. The molecule has 0 bridgehead atoms. The average Bonchev–Trinajstić information content (AvgIpc) is 2.03. The van der Waals surface area contributed by atoms with Gasteiger partial charge in [-0.2, -0.15) is 9.97 Å². The molecule has 0 saturated heterocycles. The van der Waals surface area contributed by atoms with Gasteiger partial charge in [0.05, 0.1) is 4.90 Å². The van der Waals surface area contributed by atoms with Crippen molar-refractivity contribution in [2.75, 3.05) is 17.4 Å². The number of hydrazine groups is 1. The van der Waals surface area contributed by atoms with Gasteiger partial charge in [-0.3, -0.25) is 0 Å². The van der Waals surface area contributed by atoms with Crippen molar-refractivity contribution >= 4 is 35.1 Å². The Labute approximate surface area is 78.9 Å². The molecule has 1 aromatic rings. The second-order valence-corrected chi connectivity index (χ2v) is 3.07. The first-order valence-corrected chi connectivity index (χ1v) is 4.63. The molecule has 7 heteroatoms. The van der Waals surface area contributed by atoms with Gasteiger partial charge in [-0.25, -0.2) is 5.84 Å². The summed E-state index contributed by atoms with van der Waals surface area (Å²) in [5.41, 5.74) is 7.74. The molecule has 0 spiro atoms. The van der Waals surface area contributed by atoms with Crippen LogP contribution >= 0.6 is 23.4 Å². The monoisotopic (exact) mass is 205 g/mol. The molecule has 0 unspecified atom stereocenters. The highest BCUT2D eigenvalue weighted by Crippen LogP contribution is 2.29. The van der Waals surface area contributed by atoms with E-state index in [1.165, 1.54) is 11.8 Å². The Balaban J connectivity index is 3.24. The summed E-state index contributed by atoms with van der Waals surface area (Å²) >= 11 is 7.17. The first-order valence-electron chi connectivity index (χ1n) is 3.02. The fraction of sp³-hybridized carbons (Fsp3) is 0.200. The average molecular weight is 206 g/mol. The van der Waals surface area contributed by atoms with E-state index in [-0.39, 0.29) is 5.95 Å². The summed E-state index contributed by atoms with van der Waals surface area (Å²) < 4.78 is 0. The van der Waals surface area contributed by atoms with Crippen molar-refractivity contribution in [3.63, 3.8) is 0 Å². The lowest BCUT2D eigenvalue weighted by Gasteiger charge is -2.06. The lowest BCUT2D eigenvalue weighted by molar-refractivity contribution is 1.09. The van der Waals surface area contributed by atoms with Gasteiger partial charge < -0.3 is 11.2 Å². The minimum absolute atomic E-state index is 0.103. The molecule has 0 aliphatic heterocycles. The third-order valence-electron chi connectivity index (χ3n) is 1.18. The van der Waals surface area contributed by atoms with E-state index < -0.39 is 0 Å². The topological polar surface area (TPSA) is 89.8 Å². The van der Waals surface area contributed by atoms with Gasteiger partial charge in [0, 0.05) is 0 Å². The van der Waals surface area contributed by atoms with Gasteiger partial charge >= 0.3 is 0 Å². The fourth-order valence-corrected chi connectivity index (χ4v) is 1.64. The van der Waals surface area contributed by atoms with Crippen LogP contribution in [0, 0.1) is 0 Å². The number of hydrogen-bond donors (Lipinski definition) is 3. The molecule has 0 aliphatic rings. The first kappa shape index (κ1) is 9.37. The predicted octanol–water partition coefficient (Wildman–Crippen LogP) is 0.720. The lowest BCUT2D eigenvalue weighted by Crippen LogP contribution is -2.11. The minimum atomic E-state index is 0.103. The second-order valence-electron chi connectivity index (χ2n) is 1.90. The predicted molar refractivity (Wildman–Crippen MR) is 51.0 cm³/mol. The van der Waals surface area contributed by atoms with Gasteiger partial charge in [0.15, 0.2) is 5.82 Å². The van der Waals surface area contributed by atoms with E-state index in [1.54, 1.807) is 0 Å². The van der Waals surface area contributed by atoms with Crippen LogP contribution in [0.3, 0.4) is 0 Å². The van der Waals surface area contributed by atoms with Crippen LogP contribution < -0.4 is 17.0 Å². The van der Waals surface area contributed by atoms with Crippen LogP contribution in [-0.2, 0) is 0 Å². The van der Waals surface area contributed by atoms with Gasteiger partial charge in [-0.15, -0.1) is 11.8 Å². The zero-order valence-electron chi connectivity index (χ0n) is 6.34. The van der Waals surface area contributed by atoms with Crippen molar-refractivity contribution in [3.05, 3.63) is 5.15 Å². The molecule has 5 nitrogen and oxygen atoms in total. The van der Waals surface area contributed by atoms with Crippen molar-refractivity contribution in [1.82, 2.24) is 9.97 Å². The number of nitrogen functional groups attached to an aromatic ring is 2. The Hall–Kier alpha value is -0.720. The van der Waals surface area contributed by atoms with Crippen LogP contribution in [0.25, 0.3) is 0 Å². The van der Waals surface area contributed by atoms with Gasteiger partial charge in [-0.05, 0) is 6.26 Å². The summed E-state index contributed by atoms with van der Waals surface area (Å²) in [5, 5.41) is 0.308. The van der Waals surface area contributed by atoms with Crippen LogP contribution in [0.5, 0.6) is 0 Å². The van der Waals surface area contributed by atoms with E-state index in [9.17, 15) is 0 Å². The van der Waals surface area contributed by atoms with Crippen LogP contribution in [0.2, 0.25) is 5.15 Å². The van der Waals surface area contributed by atoms with Crippen molar-refractivity contribution in [3.8, 4) is 0 Å². The molecule has 1 aromatic heterocycles. The SMILES string of the molecule is CSc1c(Cl)nc(N)nc1NN. The van der Waals surface area contributed by atoms with Crippen LogP contribution in [0.15, 0.2) is 4.90 Å². The van der Waals surface area contributed by atoms with Gasteiger partial charge in [0.1, 0.15) is 5.15 Å². The molecular weight excluding hydrogens is 198 g/mol. The number of nitrogens with zero attached hydrogens (tertiary/aromatic N) is 2. The third-order valence-corrected chi connectivity index (χ3v) is 2.36. The number of thioether (sulfide) groups is 1. The standard InChI is InChI=1S/C5H8ClN5S/c1-12-2-3(6)9-5(7)10-4(2)11-8/h8H2,1H3,(H3,7,9,10,11). The summed E-state index contributed by atoms with van der Waals surface area (Å²) in [6, 6.07) is 0.